The maximum absolute atomic E-state index is 12.1. The Labute approximate surface area is 150 Å². The lowest BCUT2D eigenvalue weighted by atomic mass is 10.0. The Kier molecular flexibility index (Phi) is 7.25. The maximum Gasteiger partial charge on any atom is 0.251 e. The molecule has 2 rings (SSSR count). The van der Waals surface area contributed by atoms with Crippen LogP contribution in [0, 0.1) is 0 Å². The van der Waals surface area contributed by atoms with Crippen LogP contribution in [0.25, 0.3) is 0 Å². The van der Waals surface area contributed by atoms with Gasteiger partial charge in [0.25, 0.3) is 5.91 Å². The average molecular weight is 346 g/mol. The molecule has 1 fully saturated rings. The number of hydrogen-bond acceptors (Lipinski definition) is 3. The molecule has 1 aromatic rings. The third kappa shape index (κ3) is 6.05. The van der Waals surface area contributed by atoms with Crippen molar-refractivity contribution in [3.63, 3.8) is 0 Å². The molecule has 0 aromatic heterocycles. The Morgan fingerprint density at radius 3 is 2.84 bits per heavy atom. The van der Waals surface area contributed by atoms with Crippen LogP contribution in [-0.2, 0) is 11.3 Å². The molecule has 1 aromatic carbocycles. The fourth-order valence-electron chi connectivity index (χ4n) is 2.82. The molecule has 0 spiro atoms. The summed E-state index contributed by atoms with van der Waals surface area (Å²) in [6.45, 7) is 7.02. The van der Waals surface area contributed by atoms with E-state index in [4.69, 9.17) is 4.74 Å². The van der Waals surface area contributed by atoms with Gasteiger partial charge in [0.1, 0.15) is 0 Å². The molecule has 0 saturated carbocycles. The van der Waals surface area contributed by atoms with E-state index in [2.05, 4.69) is 27.9 Å². The van der Waals surface area contributed by atoms with Crippen LogP contribution in [0.15, 0.2) is 29.3 Å². The van der Waals surface area contributed by atoms with Crippen molar-refractivity contribution in [2.75, 3.05) is 26.7 Å². The zero-order valence-corrected chi connectivity index (χ0v) is 15.5. The van der Waals surface area contributed by atoms with E-state index >= 15 is 0 Å². The summed E-state index contributed by atoms with van der Waals surface area (Å²) in [5, 5.41) is 9.51. The lowest BCUT2D eigenvalue weighted by molar-refractivity contribution is 0.0243. The first-order chi connectivity index (χ1) is 12.1. The standard InChI is InChI=1S/C19H30N4O2/c1-4-10-21-17(24)16-8-5-7-15(12-16)13-22-18(20-3)23-14-19(2)9-6-11-25-19/h5,7-8,12H,4,6,9-11,13-14H2,1-3H3,(H,21,24)(H2,20,22,23). The molecule has 1 unspecified atom stereocenters. The van der Waals surface area contributed by atoms with Gasteiger partial charge in [0, 0.05) is 38.9 Å². The lowest BCUT2D eigenvalue weighted by Crippen LogP contribution is -2.45. The predicted molar refractivity (Wildman–Crippen MR) is 101 cm³/mol. The minimum Gasteiger partial charge on any atom is -0.373 e. The summed E-state index contributed by atoms with van der Waals surface area (Å²) >= 11 is 0. The molecule has 1 atom stereocenters. The second-order valence-electron chi connectivity index (χ2n) is 6.64. The van der Waals surface area contributed by atoms with Crippen LogP contribution >= 0.6 is 0 Å². The van der Waals surface area contributed by atoms with Gasteiger partial charge in [-0.3, -0.25) is 9.79 Å². The fourth-order valence-corrected chi connectivity index (χ4v) is 2.82. The highest BCUT2D eigenvalue weighted by atomic mass is 16.5. The molecule has 1 aliphatic rings. The van der Waals surface area contributed by atoms with Crippen molar-refractivity contribution >= 4 is 11.9 Å². The Hall–Kier alpha value is -2.08. The number of ether oxygens (including phenoxy) is 1. The van der Waals surface area contributed by atoms with E-state index in [1.165, 1.54) is 0 Å². The summed E-state index contributed by atoms with van der Waals surface area (Å²) in [5.41, 5.74) is 1.60. The van der Waals surface area contributed by atoms with Gasteiger partial charge in [-0.05, 0) is 43.9 Å². The van der Waals surface area contributed by atoms with Gasteiger partial charge in [0.05, 0.1) is 5.60 Å². The number of benzene rings is 1. The molecule has 1 saturated heterocycles. The molecule has 6 heteroatoms. The van der Waals surface area contributed by atoms with Crippen molar-refractivity contribution < 1.29 is 9.53 Å². The fraction of sp³-hybridized carbons (Fsp3) is 0.579. The van der Waals surface area contributed by atoms with Crippen molar-refractivity contribution in [3.8, 4) is 0 Å². The van der Waals surface area contributed by atoms with E-state index in [1.807, 2.05) is 31.2 Å². The SMILES string of the molecule is CCCNC(=O)c1cccc(CNC(=NC)NCC2(C)CCCO2)c1. The first-order valence-electron chi connectivity index (χ1n) is 9.02. The van der Waals surface area contributed by atoms with E-state index in [1.54, 1.807) is 7.05 Å². The second kappa shape index (κ2) is 9.42. The maximum atomic E-state index is 12.1. The van der Waals surface area contributed by atoms with E-state index in [9.17, 15) is 4.79 Å². The third-order valence-electron chi connectivity index (χ3n) is 4.34. The van der Waals surface area contributed by atoms with Gasteiger partial charge in [0.15, 0.2) is 5.96 Å². The van der Waals surface area contributed by atoms with Crippen molar-refractivity contribution in [2.24, 2.45) is 4.99 Å². The molecule has 0 radical (unpaired) electrons. The smallest absolute Gasteiger partial charge is 0.251 e. The highest BCUT2D eigenvalue weighted by molar-refractivity contribution is 5.94. The van der Waals surface area contributed by atoms with E-state index in [0.29, 0.717) is 18.7 Å². The van der Waals surface area contributed by atoms with Gasteiger partial charge in [-0.15, -0.1) is 0 Å². The van der Waals surface area contributed by atoms with Crippen LogP contribution in [-0.4, -0.2) is 44.2 Å². The van der Waals surface area contributed by atoms with E-state index in [0.717, 1.165) is 43.9 Å². The van der Waals surface area contributed by atoms with Crippen LogP contribution in [0.2, 0.25) is 0 Å². The molecular formula is C19H30N4O2. The van der Waals surface area contributed by atoms with Gasteiger partial charge in [-0.1, -0.05) is 19.1 Å². The zero-order valence-electron chi connectivity index (χ0n) is 15.5. The largest absolute Gasteiger partial charge is 0.373 e. The van der Waals surface area contributed by atoms with Crippen LogP contribution in [0.3, 0.4) is 0 Å². The monoisotopic (exact) mass is 346 g/mol. The van der Waals surface area contributed by atoms with Gasteiger partial charge < -0.3 is 20.7 Å². The van der Waals surface area contributed by atoms with E-state index in [-0.39, 0.29) is 11.5 Å². The summed E-state index contributed by atoms with van der Waals surface area (Å²) in [4.78, 5) is 16.3. The highest BCUT2D eigenvalue weighted by Crippen LogP contribution is 2.23. The first kappa shape index (κ1) is 19.2. The molecule has 1 amide bonds. The summed E-state index contributed by atoms with van der Waals surface area (Å²) in [6, 6.07) is 7.65. The molecule has 6 nitrogen and oxygen atoms in total. The number of nitrogens with zero attached hydrogens (tertiary/aromatic N) is 1. The quantitative estimate of drug-likeness (QED) is 0.522. The number of hydrogen-bond donors (Lipinski definition) is 3. The molecule has 138 valence electrons. The van der Waals surface area contributed by atoms with Crippen LogP contribution < -0.4 is 16.0 Å². The van der Waals surface area contributed by atoms with Gasteiger partial charge in [-0.25, -0.2) is 0 Å². The third-order valence-corrected chi connectivity index (χ3v) is 4.34. The Morgan fingerprint density at radius 2 is 2.16 bits per heavy atom. The lowest BCUT2D eigenvalue weighted by Gasteiger charge is -2.24. The molecule has 25 heavy (non-hydrogen) atoms. The second-order valence-corrected chi connectivity index (χ2v) is 6.64. The molecule has 0 aliphatic carbocycles. The number of carbonyl (C=O) groups is 1. The Morgan fingerprint density at radius 1 is 1.32 bits per heavy atom. The van der Waals surface area contributed by atoms with Crippen LogP contribution in [0.1, 0.15) is 49.0 Å². The summed E-state index contributed by atoms with van der Waals surface area (Å²) in [6.07, 6.45) is 3.10. The molecular weight excluding hydrogens is 316 g/mol. The van der Waals surface area contributed by atoms with Gasteiger partial charge in [-0.2, -0.15) is 0 Å². The van der Waals surface area contributed by atoms with Crippen LogP contribution in [0.5, 0.6) is 0 Å². The summed E-state index contributed by atoms with van der Waals surface area (Å²) in [7, 11) is 1.75. The van der Waals surface area contributed by atoms with Crippen molar-refractivity contribution in [2.45, 2.75) is 45.3 Å². The summed E-state index contributed by atoms with van der Waals surface area (Å²) in [5.74, 6) is 0.704. The number of nitrogens with one attached hydrogen (secondary N) is 3. The van der Waals surface area contributed by atoms with Crippen molar-refractivity contribution in [3.05, 3.63) is 35.4 Å². The number of aliphatic imine (C=N–C) groups is 1. The predicted octanol–water partition coefficient (Wildman–Crippen LogP) is 2.06. The van der Waals surface area contributed by atoms with Crippen molar-refractivity contribution in [1.29, 1.82) is 0 Å². The number of amides is 1. The number of guanidine groups is 1. The molecule has 1 aliphatic heterocycles. The van der Waals surface area contributed by atoms with Crippen LogP contribution in [0.4, 0.5) is 0 Å². The summed E-state index contributed by atoms with van der Waals surface area (Å²) < 4.78 is 5.78. The van der Waals surface area contributed by atoms with E-state index < -0.39 is 0 Å². The molecule has 3 N–H and O–H groups in total. The average Bonchev–Trinajstić information content (AvgIpc) is 3.07. The minimum atomic E-state index is -0.116. The highest BCUT2D eigenvalue weighted by Gasteiger charge is 2.29. The normalized spacial score (nSPS) is 20.4. The molecule has 1 heterocycles. The topological polar surface area (TPSA) is 74.8 Å². The first-order valence-corrected chi connectivity index (χ1v) is 9.02. The van der Waals surface area contributed by atoms with Gasteiger partial charge in [0.2, 0.25) is 0 Å². The molecule has 0 bridgehead atoms. The zero-order chi connectivity index (χ0) is 18.1. The Bertz CT molecular complexity index is 595. The van der Waals surface area contributed by atoms with Crippen molar-refractivity contribution in [1.82, 2.24) is 16.0 Å². The minimum absolute atomic E-state index is 0.0301. The number of carbonyl (C=O) groups excluding carboxylic acids is 1. The Balaban J connectivity index is 1.85. The number of rotatable bonds is 7. The van der Waals surface area contributed by atoms with Gasteiger partial charge >= 0.3 is 0 Å².